The SMILES string of the molecule is Cn1ccc(NC(=O)c2nc(C(=O)O)cs2)n1. The molecule has 2 rings (SSSR count). The first-order chi connectivity index (χ1) is 8.06. The molecule has 0 bridgehead atoms. The van der Waals surface area contributed by atoms with Crippen LogP contribution in [-0.2, 0) is 7.05 Å². The number of amides is 1. The highest BCUT2D eigenvalue weighted by Crippen LogP contribution is 2.12. The third-order valence-electron chi connectivity index (χ3n) is 1.87. The Kier molecular flexibility index (Phi) is 2.88. The molecule has 0 saturated heterocycles. The van der Waals surface area contributed by atoms with E-state index in [0.29, 0.717) is 5.82 Å². The Balaban J connectivity index is 2.11. The largest absolute Gasteiger partial charge is 0.476 e. The molecule has 0 aromatic carbocycles. The van der Waals surface area contributed by atoms with Crippen LogP contribution in [0.1, 0.15) is 20.3 Å². The van der Waals surface area contributed by atoms with E-state index in [-0.39, 0.29) is 10.7 Å². The first-order valence-electron chi connectivity index (χ1n) is 4.56. The first kappa shape index (κ1) is 11.3. The number of nitrogens with one attached hydrogen (secondary N) is 1. The molecule has 8 heteroatoms. The highest BCUT2D eigenvalue weighted by molar-refractivity contribution is 7.12. The number of carboxylic acid groups (broad SMARTS) is 1. The van der Waals surface area contributed by atoms with Gasteiger partial charge in [-0.05, 0) is 0 Å². The molecule has 7 nitrogen and oxygen atoms in total. The number of anilines is 1. The minimum absolute atomic E-state index is 0.0908. The minimum atomic E-state index is -1.15. The van der Waals surface area contributed by atoms with Crippen molar-refractivity contribution in [3.8, 4) is 0 Å². The van der Waals surface area contributed by atoms with Crippen LogP contribution >= 0.6 is 11.3 Å². The van der Waals surface area contributed by atoms with Gasteiger partial charge in [0.25, 0.3) is 5.91 Å². The second-order valence-electron chi connectivity index (χ2n) is 3.17. The number of hydrogen-bond donors (Lipinski definition) is 2. The summed E-state index contributed by atoms with van der Waals surface area (Å²) in [6, 6.07) is 1.63. The highest BCUT2D eigenvalue weighted by atomic mass is 32.1. The maximum atomic E-state index is 11.7. The molecule has 0 fully saturated rings. The molecule has 0 aliphatic rings. The predicted octanol–water partition coefficient (Wildman–Crippen LogP) is 0.827. The zero-order valence-electron chi connectivity index (χ0n) is 8.75. The molecule has 0 unspecified atom stereocenters. The topological polar surface area (TPSA) is 97.1 Å². The molecular weight excluding hydrogens is 244 g/mol. The van der Waals surface area contributed by atoms with E-state index in [4.69, 9.17) is 5.11 Å². The third kappa shape index (κ3) is 2.48. The molecule has 2 aromatic rings. The van der Waals surface area contributed by atoms with Gasteiger partial charge in [0, 0.05) is 24.7 Å². The smallest absolute Gasteiger partial charge is 0.355 e. The zero-order chi connectivity index (χ0) is 12.4. The summed E-state index contributed by atoms with van der Waals surface area (Å²) in [5.41, 5.74) is -0.138. The molecule has 0 aliphatic carbocycles. The lowest BCUT2D eigenvalue weighted by Gasteiger charge is -1.96. The molecule has 17 heavy (non-hydrogen) atoms. The van der Waals surface area contributed by atoms with Crippen LogP contribution in [0.3, 0.4) is 0 Å². The lowest BCUT2D eigenvalue weighted by atomic mass is 10.5. The van der Waals surface area contributed by atoms with Gasteiger partial charge in [0.05, 0.1) is 0 Å². The molecular formula is C9H8N4O3S. The molecule has 2 N–H and O–H groups in total. The number of carbonyl (C=O) groups excluding carboxylic acids is 1. The van der Waals surface area contributed by atoms with Gasteiger partial charge in [-0.2, -0.15) is 5.10 Å². The van der Waals surface area contributed by atoms with Crippen LogP contribution in [0.4, 0.5) is 5.82 Å². The Morgan fingerprint density at radius 3 is 2.82 bits per heavy atom. The zero-order valence-corrected chi connectivity index (χ0v) is 9.56. The van der Waals surface area contributed by atoms with Crippen LogP contribution in [0.25, 0.3) is 0 Å². The van der Waals surface area contributed by atoms with Gasteiger partial charge in [-0.25, -0.2) is 9.78 Å². The molecule has 1 amide bonds. The van der Waals surface area contributed by atoms with Crippen molar-refractivity contribution in [2.45, 2.75) is 0 Å². The fourth-order valence-corrected chi connectivity index (χ4v) is 1.81. The van der Waals surface area contributed by atoms with Crippen molar-refractivity contribution in [3.63, 3.8) is 0 Å². The summed E-state index contributed by atoms with van der Waals surface area (Å²) in [5, 5.41) is 16.6. The number of hydrogen-bond acceptors (Lipinski definition) is 5. The standard InChI is InChI=1S/C9H8N4O3S/c1-13-3-2-6(12-13)11-7(14)8-10-5(4-17-8)9(15)16/h2-4H,1H3,(H,15,16)(H,11,12,14). The van der Waals surface area contributed by atoms with E-state index in [2.05, 4.69) is 15.4 Å². The number of rotatable bonds is 3. The predicted molar refractivity (Wildman–Crippen MR) is 60.2 cm³/mol. The van der Waals surface area contributed by atoms with Crippen LogP contribution in [0.2, 0.25) is 0 Å². The van der Waals surface area contributed by atoms with E-state index in [1.165, 1.54) is 5.38 Å². The Labute approximate surface area is 99.7 Å². The minimum Gasteiger partial charge on any atom is -0.476 e. The quantitative estimate of drug-likeness (QED) is 0.843. The van der Waals surface area contributed by atoms with Gasteiger partial charge in [0.15, 0.2) is 16.5 Å². The van der Waals surface area contributed by atoms with Crippen molar-refractivity contribution in [1.29, 1.82) is 0 Å². The Morgan fingerprint density at radius 1 is 1.53 bits per heavy atom. The Bertz CT molecular complexity index is 574. The second kappa shape index (κ2) is 4.34. The van der Waals surface area contributed by atoms with Crippen LogP contribution < -0.4 is 5.32 Å². The summed E-state index contributed by atoms with van der Waals surface area (Å²) in [6.45, 7) is 0. The lowest BCUT2D eigenvalue weighted by molar-refractivity contribution is 0.0691. The number of aromatic nitrogens is 3. The van der Waals surface area contributed by atoms with Gasteiger partial charge >= 0.3 is 5.97 Å². The van der Waals surface area contributed by atoms with Crippen molar-refractivity contribution in [1.82, 2.24) is 14.8 Å². The fourth-order valence-electron chi connectivity index (χ4n) is 1.13. The van der Waals surface area contributed by atoms with Gasteiger partial charge in [0.2, 0.25) is 0 Å². The molecule has 0 atom stereocenters. The summed E-state index contributed by atoms with van der Waals surface area (Å²) in [6.07, 6.45) is 1.68. The average Bonchev–Trinajstić information content (AvgIpc) is 2.86. The van der Waals surface area contributed by atoms with Crippen molar-refractivity contribution in [3.05, 3.63) is 28.3 Å². The number of nitrogens with zero attached hydrogens (tertiary/aromatic N) is 3. The number of thiazole rings is 1. The van der Waals surface area contributed by atoms with E-state index in [0.717, 1.165) is 11.3 Å². The van der Waals surface area contributed by atoms with Gasteiger partial charge in [0.1, 0.15) is 0 Å². The summed E-state index contributed by atoms with van der Waals surface area (Å²) in [7, 11) is 1.72. The second-order valence-corrected chi connectivity index (χ2v) is 4.03. The van der Waals surface area contributed by atoms with E-state index >= 15 is 0 Å². The average molecular weight is 252 g/mol. The van der Waals surface area contributed by atoms with E-state index < -0.39 is 11.9 Å². The van der Waals surface area contributed by atoms with Gasteiger partial charge in [-0.1, -0.05) is 0 Å². The van der Waals surface area contributed by atoms with Crippen molar-refractivity contribution >= 4 is 29.0 Å². The highest BCUT2D eigenvalue weighted by Gasteiger charge is 2.15. The van der Waals surface area contributed by atoms with Crippen molar-refractivity contribution in [2.75, 3.05) is 5.32 Å². The molecule has 2 aromatic heterocycles. The number of aromatic carboxylic acids is 1. The monoisotopic (exact) mass is 252 g/mol. The first-order valence-corrected chi connectivity index (χ1v) is 5.44. The van der Waals surface area contributed by atoms with Gasteiger partial charge in [-0.3, -0.25) is 9.48 Å². The third-order valence-corrected chi connectivity index (χ3v) is 2.71. The molecule has 0 saturated carbocycles. The van der Waals surface area contributed by atoms with Crippen LogP contribution in [0.5, 0.6) is 0 Å². The molecule has 0 spiro atoms. The Morgan fingerprint density at radius 2 is 2.29 bits per heavy atom. The normalized spacial score (nSPS) is 10.2. The number of carbonyl (C=O) groups is 2. The van der Waals surface area contributed by atoms with Gasteiger partial charge < -0.3 is 10.4 Å². The van der Waals surface area contributed by atoms with E-state index in [1.54, 1.807) is 24.0 Å². The summed E-state index contributed by atoms with van der Waals surface area (Å²) in [5.74, 6) is -1.23. The number of carboxylic acids is 1. The molecule has 2 heterocycles. The van der Waals surface area contributed by atoms with Gasteiger partial charge in [-0.15, -0.1) is 11.3 Å². The fraction of sp³-hybridized carbons (Fsp3) is 0.111. The van der Waals surface area contributed by atoms with Crippen LogP contribution in [0.15, 0.2) is 17.6 Å². The molecule has 0 aliphatic heterocycles. The molecule has 0 radical (unpaired) electrons. The lowest BCUT2D eigenvalue weighted by Crippen LogP contribution is -2.12. The summed E-state index contributed by atoms with van der Waals surface area (Å²) in [4.78, 5) is 25.9. The number of aryl methyl sites for hydroxylation is 1. The maximum Gasteiger partial charge on any atom is 0.355 e. The van der Waals surface area contributed by atoms with E-state index in [9.17, 15) is 9.59 Å². The van der Waals surface area contributed by atoms with E-state index in [1.807, 2.05) is 0 Å². The maximum absolute atomic E-state index is 11.7. The molecule has 88 valence electrons. The summed E-state index contributed by atoms with van der Waals surface area (Å²) >= 11 is 0.973. The van der Waals surface area contributed by atoms with Crippen molar-refractivity contribution in [2.24, 2.45) is 7.05 Å². The van der Waals surface area contributed by atoms with Crippen molar-refractivity contribution < 1.29 is 14.7 Å². The van der Waals surface area contributed by atoms with Crippen LogP contribution in [0, 0.1) is 0 Å². The van der Waals surface area contributed by atoms with Crippen LogP contribution in [-0.4, -0.2) is 31.7 Å². The summed E-state index contributed by atoms with van der Waals surface area (Å²) < 4.78 is 1.54. The Hall–Kier alpha value is -2.22.